The molecule has 0 atom stereocenters. The predicted molar refractivity (Wildman–Crippen MR) is 102 cm³/mol. The van der Waals surface area contributed by atoms with Crippen molar-refractivity contribution in [2.24, 2.45) is 0 Å². The Labute approximate surface area is 165 Å². The van der Waals surface area contributed by atoms with E-state index in [0.29, 0.717) is 31.1 Å². The van der Waals surface area contributed by atoms with E-state index in [-0.39, 0.29) is 11.5 Å². The zero-order chi connectivity index (χ0) is 20.5. The van der Waals surface area contributed by atoms with Gasteiger partial charge in [-0.3, -0.25) is 9.59 Å². The smallest absolute Gasteiger partial charge is 0.335 e. The number of aryl methyl sites for hydroxylation is 2. The molecule has 1 aliphatic rings. The van der Waals surface area contributed by atoms with Crippen molar-refractivity contribution >= 4 is 23.2 Å². The van der Waals surface area contributed by atoms with Crippen LogP contribution in [0.25, 0.3) is 0 Å². The number of rotatable bonds is 3. The van der Waals surface area contributed by atoms with Gasteiger partial charge in [-0.25, -0.2) is 0 Å². The maximum Gasteiger partial charge on any atom is 0.416 e. The number of carbonyl (C=O) groups excluding carboxylic acids is 2. The van der Waals surface area contributed by atoms with E-state index < -0.39 is 17.6 Å². The minimum absolute atomic E-state index is 0.0103. The Balaban J connectivity index is 1.65. The van der Waals surface area contributed by atoms with Crippen LogP contribution >= 0.6 is 11.3 Å². The Morgan fingerprint density at radius 3 is 2.18 bits per heavy atom. The van der Waals surface area contributed by atoms with Crippen LogP contribution < -0.4 is 0 Å². The Morgan fingerprint density at radius 2 is 1.64 bits per heavy atom. The molecular weight excluding hydrogens is 389 g/mol. The zero-order valence-corrected chi connectivity index (χ0v) is 16.5. The van der Waals surface area contributed by atoms with Gasteiger partial charge in [0.25, 0.3) is 11.8 Å². The molecule has 0 bridgehead atoms. The molecule has 3 rings (SSSR count). The van der Waals surface area contributed by atoms with Crippen LogP contribution in [0.1, 0.15) is 43.0 Å². The van der Waals surface area contributed by atoms with Crippen molar-refractivity contribution in [1.82, 2.24) is 9.80 Å². The molecule has 2 amide bonds. The van der Waals surface area contributed by atoms with Crippen LogP contribution in [0.3, 0.4) is 0 Å². The standard InChI is InChI=1S/C20H21F3N2O2S/c1-3-16-13(2)11-17(28-16)19(27)25-9-7-24(8-10-25)18(26)14-5-4-6-15(12-14)20(21,22)23/h4-6,11-12H,3,7-10H2,1-2H3. The normalized spacial score (nSPS) is 15.0. The summed E-state index contributed by atoms with van der Waals surface area (Å²) < 4.78 is 38.6. The van der Waals surface area contributed by atoms with Crippen LogP contribution in [0.5, 0.6) is 0 Å². The first-order valence-corrected chi connectivity index (χ1v) is 9.87. The monoisotopic (exact) mass is 410 g/mol. The summed E-state index contributed by atoms with van der Waals surface area (Å²) in [7, 11) is 0. The predicted octanol–water partition coefficient (Wildman–Crippen LogP) is 4.24. The number of benzene rings is 1. The second-order valence-electron chi connectivity index (χ2n) is 6.73. The summed E-state index contributed by atoms with van der Waals surface area (Å²) >= 11 is 1.49. The molecule has 0 radical (unpaired) electrons. The van der Waals surface area contributed by atoms with Crippen molar-refractivity contribution in [3.8, 4) is 0 Å². The van der Waals surface area contributed by atoms with Crippen molar-refractivity contribution in [2.75, 3.05) is 26.2 Å². The maximum atomic E-state index is 12.9. The second-order valence-corrected chi connectivity index (χ2v) is 7.87. The summed E-state index contributed by atoms with van der Waals surface area (Å²) in [5.41, 5.74) is 0.275. The number of hydrogen-bond acceptors (Lipinski definition) is 3. The SMILES string of the molecule is CCc1sc(C(=O)N2CCN(C(=O)c3cccc(C(F)(F)F)c3)CC2)cc1C. The number of alkyl halides is 3. The van der Waals surface area contributed by atoms with Gasteiger partial charge in [-0.2, -0.15) is 13.2 Å². The highest BCUT2D eigenvalue weighted by atomic mass is 32.1. The molecule has 1 aromatic carbocycles. The first-order valence-electron chi connectivity index (χ1n) is 9.05. The average molecular weight is 410 g/mol. The Bertz CT molecular complexity index is 884. The van der Waals surface area contributed by atoms with Gasteiger partial charge in [0.15, 0.2) is 0 Å². The summed E-state index contributed by atoms with van der Waals surface area (Å²) in [4.78, 5) is 30.3. The summed E-state index contributed by atoms with van der Waals surface area (Å²) in [6, 6.07) is 6.34. The van der Waals surface area contributed by atoms with E-state index in [4.69, 9.17) is 0 Å². The van der Waals surface area contributed by atoms with Crippen molar-refractivity contribution in [1.29, 1.82) is 0 Å². The number of thiophene rings is 1. The molecule has 1 aromatic heterocycles. The summed E-state index contributed by atoms with van der Waals surface area (Å²) in [5.74, 6) is -0.502. The molecule has 8 heteroatoms. The third kappa shape index (κ3) is 4.22. The zero-order valence-electron chi connectivity index (χ0n) is 15.7. The van der Waals surface area contributed by atoms with Crippen LogP contribution in [0.15, 0.2) is 30.3 Å². The van der Waals surface area contributed by atoms with Gasteiger partial charge < -0.3 is 9.80 Å². The molecule has 28 heavy (non-hydrogen) atoms. The quantitative estimate of drug-likeness (QED) is 0.760. The molecule has 0 saturated carbocycles. The lowest BCUT2D eigenvalue weighted by Crippen LogP contribution is -2.50. The van der Waals surface area contributed by atoms with Gasteiger partial charge in [0.05, 0.1) is 10.4 Å². The van der Waals surface area contributed by atoms with Crippen molar-refractivity contribution in [3.05, 3.63) is 56.8 Å². The number of amides is 2. The fraction of sp³-hybridized carbons (Fsp3) is 0.400. The fourth-order valence-corrected chi connectivity index (χ4v) is 4.34. The Hall–Kier alpha value is -2.35. The first-order chi connectivity index (χ1) is 13.2. The molecule has 0 spiro atoms. The molecule has 1 fully saturated rings. The van der Waals surface area contributed by atoms with Gasteiger partial charge >= 0.3 is 6.18 Å². The highest BCUT2D eigenvalue weighted by Crippen LogP contribution is 2.30. The van der Waals surface area contributed by atoms with Crippen LogP contribution in [-0.2, 0) is 12.6 Å². The van der Waals surface area contributed by atoms with Crippen molar-refractivity contribution in [2.45, 2.75) is 26.4 Å². The third-order valence-electron chi connectivity index (χ3n) is 4.84. The van der Waals surface area contributed by atoms with Gasteiger partial charge in [-0.15, -0.1) is 11.3 Å². The number of carbonyl (C=O) groups is 2. The van der Waals surface area contributed by atoms with E-state index in [2.05, 4.69) is 0 Å². The van der Waals surface area contributed by atoms with Crippen molar-refractivity contribution in [3.63, 3.8) is 0 Å². The number of hydrogen-bond donors (Lipinski definition) is 0. The summed E-state index contributed by atoms with van der Waals surface area (Å²) in [6.07, 6.45) is -3.61. The number of nitrogens with zero attached hydrogens (tertiary/aromatic N) is 2. The molecular formula is C20H21F3N2O2S. The molecule has 0 N–H and O–H groups in total. The Morgan fingerprint density at radius 1 is 1.04 bits per heavy atom. The van der Waals surface area contributed by atoms with Gasteiger partial charge in [0, 0.05) is 36.6 Å². The van der Waals surface area contributed by atoms with E-state index >= 15 is 0 Å². The van der Waals surface area contributed by atoms with Crippen LogP contribution in [0.2, 0.25) is 0 Å². The topological polar surface area (TPSA) is 40.6 Å². The van der Waals surface area contributed by atoms with Crippen LogP contribution in [0, 0.1) is 6.92 Å². The largest absolute Gasteiger partial charge is 0.416 e. The second kappa shape index (κ2) is 7.95. The molecule has 2 heterocycles. The molecule has 4 nitrogen and oxygen atoms in total. The average Bonchev–Trinajstić information content (AvgIpc) is 3.07. The molecule has 2 aromatic rings. The molecule has 1 saturated heterocycles. The third-order valence-corrected chi connectivity index (χ3v) is 6.21. The van der Waals surface area contributed by atoms with E-state index in [1.165, 1.54) is 33.2 Å². The number of piperazine rings is 1. The lowest BCUT2D eigenvalue weighted by atomic mass is 10.1. The maximum absolute atomic E-state index is 12.9. The fourth-order valence-electron chi connectivity index (χ4n) is 3.26. The molecule has 150 valence electrons. The molecule has 0 aliphatic carbocycles. The Kier molecular flexibility index (Phi) is 5.79. The minimum atomic E-state index is -4.49. The lowest BCUT2D eigenvalue weighted by Gasteiger charge is -2.34. The lowest BCUT2D eigenvalue weighted by molar-refractivity contribution is -0.137. The summed E-state index contributed by atoms with van der Waals surface area (Å²) in [6.45, 7) is 5.35. The van der Waals surface area contributed by atoms with Crippen LogP contribution in [0.4, 0.5) is 13.2 Å². The summed E-state index contributed by atoms with van der Waals surface area (Å²) in [5, 5.41) is 0. The van der Waals surface area contributed by atoms with Crippen LogP contribution in [-0.4, -0.2) is 47.8 Å². The van der Waals surface area contributed by atoms with Gasteiger partial charge in [0.2, 0.25) is 0 Å². The van der Waals surface area contributed by atoms with E-state index in [9.17, 15) is 22.8 Å². The van der Waals surface area contributed by atoms with Crippen molar-refractivity contribution < 1.29 is 22.8 Å². The van der Waals surface area contributed by atoms with Gasteiger partial charge in [-0.05, 0) is 43.2 Å². The van der Waals surface area contributed by atoms with E-state index in [0.717, 1.165) is 24.1 Å². The minimum Gasteiger partial charge on any atom is -0.335 e. The molecule has 0 unspecified atom stereocenters. The highest BCUT2D eigenvalue weighted by Gasteiger charge is 2.32. The number of halogens is 3. The molecule has 1 aliphatic heterocycles. The van der Waals surface area contributed by atoms with Gasteiger partial charge in [-0.1, -0.05) is 13.0 Å². The van der Waals surface area contributed by atoms with E-state index in [1.807, 2.05) is 19.9 Å². The van der Waals surface area contributed by atoms with Gasteiger partial charge in [0.1, 0.15) is 0 Å². The highest BCUT2D eigenvalue weighted by molar-refractivity contribution is 7.14. The first kappa shape index (κ1) is 20.4. The van der Waals surface area contributed by atoms with E-state index in [1.54, 1.807) is 4.90 Å².